The second-order valence-corrected chi connectivity index (χ2v) is 13.6. The molecule has 1 atom stereocenters. The van der Waals surface area contributed by atoms with Gasteiger partial charge in [-0.1, -0.05) is 79.6 Å². The minimum atomic E-state index is -4.54. The summed E-state index contributed by atoms with van der Waals surface area (Å²) in [6.07, 6.45) is 1.80. The van der Waals surface area contributed by atoms with Gasteiger partial charge in [-0.3, -0.25) is 24.0 Å². The molecular weight excluding hydrogens is 644 g/mol. The molecule has 4 aromatic carbocycles. The van der Waals surface area contributed by atoms with Gasteiger partial charge in [0.05, 0.1) is 22.6 Å². The number of hydrogen-bond donors (Lipinski definition) is 1. The summed E-state index contributed by atoms with van der Waals surface area (Å²) in [5, 5.41) is 14.7. The highest BCUT2D eigenvalue weighted by Crippen LogP contribution is 2.30. The Bertz CT molecular complexity index is 1870. The van der Waals surface area contributed by atoms with Crippen molar-refractivity contribution in [3.8, 4) is 5.75 Å². The number of unbranched alkanes of at least 4 members (excludes halogenated alkanes) is 1. The average Bonchev–Trinajstić information content (AvgIpc) is 3.09. The number of ether oxygens (including phenoxy) is 1. The molecule has 2 amide bonds. The molecule has 0 aliphatic carbocycles. The van der Waals surface area contributed by atoms with Gasteiger partial charge in [-0.05, 0) is 61.7 Å². The van der Waals surface area contributed by atoms with E-state index in [2.05, 4.69) is 5.32 Å². The SMILES string of the molecule is CCCCNC(=O)[C@@H](Cc1ccccc1)N(Cc1cccc(C)c1)C(=O)CN(c1ccc(OC)cc1)S(=O)(=O)c1ccc(C)c([N+](=O)[O-])c1. The summed E-state index contributed by atoms with van der Waals surface area (Å²) in [6, 6.07) is 25.6. The molecule has 0 bridgehead atoms. The number of hydrogen-bond acceptors (Lipinski definition) is 7. The molecule has 4 rings (SSSR count). The maximum Gasteiger partial charge on any atom is 0.273 e. The minimum absolute atomic E-state index is 0.0334. The van der Waals surface area contributed by atoms with Crippen molar-refractivity contribution in [1.29, 1.82) is 0 Å². The molecule has 0 aliphatic rings. The molecule has 0 heterocycles. The van der Waals surface area contributed by atoms with Crippen molar-refractivity contribution in [3.05, 3.63) is 129 Å². The number of carbonyl (C=O) groups excluding carboxylic acids is 2. The normalized spacial score (nSPS) is 11.8. The third-order valence-corrected chi connectivity index (χ3v) is 9.91. The number of amides is 2. The zero-order valence-electron chi connectivity index (χ0n) is 28.2. The molecule has 1 N–H and O–H groups in total. The first kappa shape index (κ1) is 36.6. The summed E-state index contributed by atoms with van der Waals surface area (Å²) in [5.41, 5.74) is 2.61. The molecule has 4 aromatic rings. The van der Waals surface area contributed by atoms with Crippen LogP contribution in [0.3, 0.4) is 0 Å². The number of anilines is 1. The standard InChI is InChI=1S/C37H42N4O7S/c1-5-6-21-38-37(43)35(23-29-12-8-7-9-13-29)39(25-30-14-10-11-27(2)22-30)36(42)26-40(31-16-18-32(48-4)19-17-31)49(46,47)33-20-15-28(3)34(24-33)41(44)45/h7-20,22,24,35H,5-6,21,23,25-26H2,1-4H3,(H,38,43)/t35-/m1/s1. The molecule has 0 saturated heterocycles. The number of nitro benzene ring substituents is 1. The number of aryl methyl sites for hydroxylation is 2. The fourth-order valence-corrected chi connectivity index (χ4v) is 6.85. The fraction of sp³-hybridized carbons (Fsp3) is 0.297. The lowest BCUT2D eigenvalue weighted by atomic mass is 10.0. The Morgan fingerprint density at radius 2 is 1.61 bits per heavy atom. The molecule has 0 unspecified atom stereocenters. The Hall–Kier alpha value is -5.23. The van der Waals surface area contributed by atoms with E-state index in [1.54, 1.807) is 12.1 Å². The zero-order chi connectivity index (χ0) is 35.6. The monoisotopic (exact) mass is 686 g/mol. The lowest BCUT2D eigenvalue weighted by Gasteiger charge is -2.34. The van der Waals surface area contributed by atoms with Gasteiger partial charge in [-0.25, -0.2) is 8.42 Å². The van der Waals surface area contributed by atoms with E-state index < -0.39 is 33.4 Å². The summed E-state index contributed by atoms with van der Waals surface area (Å²) >= 11 is 0. The second-order valence-electron chi connectivity index (χ2n) is 11.8. The highest BCUT2D eigenvalue weighted by Gasteiger charge is 2.35. The van der Waals surface area contributed by atoms with E-state index in [1.807, 2.05) is 68.4 Å². The molecule has 11 nitrogen and oxygen atoms in total. The van der Waals surface area contributed by atoms with Crippen molar-refractivity contribution >= 4 is 33.2 Å². The van der Waals surface area contributed by atoms with Crippen LogP contribution in [-0.2, 0) is 32.6 Å². The Labute approximate surface area is 287 Å². The topological polar surface area (TPSA) is 139 Å². The number of nitro groups is 1. The molecule has 49 heavy (non-hydrogen) atoms. The first-order chi connectivity index (χ1) is 23.4. The molecule has 0 radical (unpaired) electrons. The summed E-state index contributed by atoms with van der Waals surface area (Å²) in [6.45, 7) is 5.22. The Morgan fingerprint density at radius 3 is 2.24 bits per heavy atom. The first-order valence-electron chi connectivity index (χ1n) is 16.0. The summed E-state index contributed by atoms with van der Waals surface area (Å²) in [7, 11) is -3.06. The van der Waals surface area contributed by atoms with Gasteiger partial charge >= 0.3 is 0 Å². The summed E-state index contributed by atoms with van der Waals surface area (Å²) < 4.78 is 34.8. The van der Waals surface area contributed by atoms with Crippen molar-refractivity contribution in [1.82, 2.24) is 10.2 Å². The van der Waals surface area contributed by atoms with E-state index in [9.17, 15) is 28.1 Å². The number of rotatable bonds is 16. The maximum absolute atomic E-state index is 14.6. The molecule has 0 saturated carbocycles. The van der Waals surface area contributed by atoms with Gasteiger partial charge in [-0.2, -0.15) is 0 Å². The van der Waals surface area contributed by atoms with Gasteiger partial charge in [0.15, 0.2) is 0 Å². The third kappa shape index (κ3) is 9.44. The molecular formula is C37H42N4O7S. The molecule has 0 aromatic heterocycles. The number of methoxy groups -OCH3 is 1. The molecule has 0 spiro atoms. The van der Waals surface area contributed by atoms with Crippen molar-refractivity contribution in [2.24, 2.45) is 0 Å². The van der Waals surface area contributed by atoms with Crippen LogP contribution < -0.4 is 14.4 Å². The van der Waals surface area contributed by atoms with E-state index in [0.29, 0.717) is 12.3 Å². The van der Waals surface area contributed by atoms with Gasteiger partial charge in [0, 0.05) is 31.1 Å². The number of benzene rings is 4. The van der Waals surface area contributed by atoms with Crippen LogP contribution in [0.2, 0.25) is 0 Å². The predicted molar refractivity (Wildman–Crippen MR) is 189 cm³/mol. The van der Waals surface area contributed by atoms with Crippen molar-refractivity contribution in [3.63, 3.8) is 0 Å². The van der Waals surface area contributed by atoms with Gasteiger partial charge in [0.25, 0.3) is 15.7 Å². The number of nitrogens with zero attached hydrogens (tertiary/aromatic N) is 3. The Kier molecular flexibility index (Phi) is 12.5. The van der Waals surface area contributed by atoms with Crippen molar-refractivity contribution < 1.29 is 27.7 Å². The molecule has 0 aliphatic heterocycles. The van der Waals surface area contributed by atoms with Crippen molar-refractivity contribution in [2.75, 3.05) is 24.5 Å². The maximum atomic E-state index is 14.6. The largest absolute Gasteiger partial charge is 0.497 e. The van der Waals surface area contributed by atoms with E-state index in [0.717, 1.165) is 39.9 Å². The minimum Gasteiger partial charge on any atom is -0.497 e. The third-order valence-electron chi connectivity index (χ3n) is 8.14. The predicted octanol–water partition coefficient (Wildman–Crippen LogP) is 5.97. The highest BCUT2D eigenvalue weighted by atomic mass is 32.2. The van der Waals surface area contributed by atoms with Gasteiger partial charge in [0.1, 0.15) is 18.3 Å². The molecule has 12 heteroatoms. The number of carbonyl (C=O) groups is 2. The highest BCUT2D eigenvalue weighted by molar-refractivity contribution is 7.92. The van der Waals surface area contributed by atoms with E-state index in [1.165, 1.54) is 43.2 Å². The van der Waals surface area contributed by atoms with Crippen LogP contribution >= 0.6 is 0 Å². The van der Waals surface area contributed by atoms with Gasteiger partial charge in [0.2, 0.25) is 11.8 Å². The van der Waals surface area contributed by atoms with Crippen LogP contribution in [0.15, 0.2) is 102 Å². The Morgan fingerprint density at radius 1 is 0.918 bits per heavy atom. The van der Waals surface area contributed by atoms with E-state index in [4.69, 9.17) is 4.74 Å². The van der Waals surface area contributed by atoms with Crippen LogP contribution in [0.5, 0.6) is 5.75 Å². The van der Waals surface area contributed by atoms with E-state index in [-0.39, 0.29) is 40.7 Å². The summed E-state index contributed by atoms with van der Waals surface area (Å²) in [4.78, 5) is 40.7. The number of nitrogens with one attached hydrogen (secondary N) is 1. The summed E-state index contributed by atoms with van der Waals surface area (Å²) in [5.74, 6) is -0.522. The molecule has 258 valence electrons. The van der Waals surface area contributed by atoms with Crippen LogP contribution in [0.25, 0.3) is 0 Å². The molecule has 0 fully saturated rings. The zero-order valence-corrected chi connectivity index (χ0v) is 29.0. The Balaban J connectivity index is 1.83. The van der Waals surface area contributed by atoms with Crippen LogP contribution in [0.4, 0.5) is 11.4 Å². The van der Waals surface area contributed by atoms with Crippen LogP contribution in [0.1, 0.15) is 42.0 Å². The van der Waals surface area contributed by atoms with Crippen molar-refractivity contribution in [2.45, 2.75) is 57.5 Å². The lowest BCUT2D eigenvalue weighted by molar-refractivity contribution is -0.385. The van der Waals surface area contributed by atoms with E-state index >= 15 is 0 Å². The van der Waals surface area contributed by atoms with Crippen LogP contribution in [-0.4, -0.2) is 56.3 Å². The number of sulfonamides is 1. The first-order valence-corrected chi connectivity index (χ1v) is 17.5. The average molecular weight is 687 g/mol. The van der Waals surface area contributed by atoms with Gasteiger partial charge in [-0.15, -0.1) is 0 Å². The fourth-order valence-electron chi connectivity index (χ4n) is 5.42. The second kappa shape index (κ2) is 16.7. The lowest BCUT2D eigenvalue weighted by Crippen LogP contribution is -2.53. The van der Waals surface area contributed by atoms with Gasteiger partial charge < -0.3 is 15.0 Å². The smallest absolute Gasteiger partial charge is 0.273 e. The van der Waals surface area contributed by atoms with Crippen LogP contribution in [0, 0.1) is 24.0 Å². The quantitative estimate of drug-likeness (QED) is 0.0870.